The fraction of sp³-hybridized carbons (Fsp3) is 0.600. The Bertz CT molecular complexity index is 805. The highest BCUT2D eigenvalue weighted by molar-refractivity contribution is 7.98. The van der Waals surface area contributed by atoms with Gasteiger partial charge in [0.05, 0.1) is 5.69 Å². The molecule has 2 atom stereocenters. The van der Waals surface area contributed by atoms with Crippen molar-refractivity contribution in [1.29, 1.82) is 0 Å². The Morgan fingerprint density at radius 2 is 2.10 bits per heavy atom. The number of thioether (sulfide) groups is 1. The van der Waals surface area contributed by atoms with Crippen LogP contribution in [-0.2, 0) is 4.79 Å². The van der Waals surface area contributed by atoms with E-state index in [1.807, 2.05) is 19.2 Å². The molecule has 1 amide bonds. The minimum Gasteiger partial charge on any atom is -0.371 e. The Balaban J connectivity index is 1.92. The van der Waals surface area contributed by atoms with E-state index in [9.17, 15) is 9.90 Å². The van der Waals surface area contributed by atoms with Gasteiger partial charge in [-0.05, 0) is 57.9 Å². The average Bonchev–Trinajstić information content (AvgIpc) is 3.21. The number of hydrogen-bond donors (Lipinski definition) is 2. The summed E-state index contributed by atoms with van der Waals surface area (Å²) >= 11 is 1.64. The molecule has 0 aliphatic carbocycles. The third kappa shape index (κ3) is 5.77. The minimum atomic E-state index is -1.26. The predicted octanol–water partition coefficient (Wildman–Crippen LogP) is 2.08. The summed E-state index contributed by atoms with van der Waals surface area (Å²) in [6, 6.07) is 1.29. The van der Waals surface area contributed by atoms with E-state index in [2.05, 4.69) is 25.2 Å². The topological polar surface area (TPSA) is 96.2 Å². The van der Waals surface area contributed by atoms with Crippen LogP contribution in [0.4, 0.5) is 0 Å². The lowest BCUT2D eigenvalue weighted by molar-refractivity contribution is -0.134. The molecule has 2 aromatic heterocycles. The summed E-state index contributed by atoms with van der Waals surface area (Å²) in [6.45, 7) is 5.20. The second-order valence-electron chi connectivity index (χ2n) is 7.71. The first-order valence-electron chi connectivity index (χ1n) is 10.0. The summed E-state index contributed by atoms with van der Waals surface area (Å²) in [7, 11) is 0. The number of piperidine rings is 1. The van der Waals surface area contributed by atoms with Crippen molar-refractivity contribution in [1.82, 2.24) is 29.7 Å². The third-order valence-electron chi connectivity index (χ3n) is 5.07. The molecule has 1 fully saturated rings. The molecular weight excluding hydrogens is 388 g/mol. The van der Waals surface area contributed by atoms with Crippen molar-refractivity contribution in [3.8, 4) is 5.95 Å². The standard InChI is InChI=1S/C20H30N6O2S/c1-15-13-16(23-19(22-15)26-11-8-21-14-26)17(25-9-5-4-6-10-25)18(27)24-20(2,28)7-12-29-3/h8,11,13-14,17,28H,4-7,9-10,12H2,1-3H3,(H,24,27). The number of nitrogens with one attached hydrogen (secondary N) is 1. The van der Waals surface area contributed by atoms with Gasteiger partial charge in [0, 0.05) is 24.5 Å². The Morgan fingerprint density at radius 3 is 2.76 bits per heavy atom. The van der Waals surface area contributed by atoms with Gasteiger partial charge in [0.2, 0.25) is 11.9 Å². The van der Waals surface area contributed by atoms with Gasteiger partial charge in [-0.15, -0.1) is 0 Å². The molecule has 1 aliphatic heterocycles. The zero-order valence-electron chi connectivity index (χ0n) is 17.3. The third-order valence-corrected chi connectivity index (χ3v) is 5.68. The van der Waals surface area contributed by atoms with Crippen LogP contribution in [0.5, 0.6) is 0 Å². The molecular formula is C20H30N6O2S. The van der Waals surface area contributed by atoms with Crippen molar-refractivity contribution in [3.05, 3.63) is 36.2 Å². The van der Waals surface area contributed by atoms with Crippen molar-refractivity contribution in [2.75, 3.05) is 25.1 Å². The van der Waals surface area contributed by atoms with Gasteiger partial charge in [-0.2, -0.15) is 11.8 Å². The number of likely N-dealkylation sites (tertiary alicyclic amines) is 1. The SMILES string of the molecule is CSCCC(C)(O)NC(=O)C(c1cc(C)nc(-n2ccnc2)n1)N1CCCCC1. The maximum absolute atomic E-state index is 13.3. The van der Waals surface area contributed by atoms with Crippen molar-refractivity contribution in [2.24, 2.45) is 0 Å². The molecule has 1 saturated heterocycles. The highest BCUT2D eigenvalue weighted by Crippen LogP contribution is 2.26. The monoisotopic (exact) mass is 418 g/mol. The molecule has 1 aliphatic rings. The van der Waals surface area contributed by atoms with Gasteiger partial charge in [0.25, 0.3) is 0 Å². The molecule has 3 rings (SSSR count). The fourth-order valence-corrected chi connectivity index (χ4v) is 4.17. The lowest BCUT2D eigenvalue weighted by Gasteiger charge is -2.35. The summed E-state index contributed by atoms with van der Waals surface area (Å²) in [5.74, 6) is 1.02. The lowest BCUT2D eigenvalue weighted by atomic mass is 10.0. The van der Waals surface area contributed by atoms with Crippen LogP contribution >= 0.6 is 11.8 Å². The van der Waals surface area contributed by atoms with Crippen LogP contribution in [0.2, 0.25) is 0 Å². The number of aliphatic hydroxyl groups is 1. The Hall–Kier alpha value is -1.97. The van der Waals surface area contributed by atoms with Crippen molar-refractivity contribution in [2.45, 2.75) is 51.3 Å². The molecule has 2 aromatic rings. The highest BCUT2D eigenvalue weighted by Gasteiger charge is 2.34. The van der Waals surface area contributed by atoms with Gasteiger partial charge in [-0.1, -0.05) is 6.42 Å². The quantitative estimate of drug-likeness (QED) is 0.634. The summed E-state index contributed by atoms with van der Waals surface area (Å²) in [4.78, 5) is 28.7. The van der Waals surface area contributed by atoms with E-state index in [1.165, 1.54) is 6.42 Å². The van der Waals surface area contributed by atoms with E-state index in [1.54, 1.807) is 42.0 Å². The molecule has 2 N–H and O–H groups in total. The number of carbonyl (C=O) groups excluding carboxylic acids is 1. The van der Waals surface area contributed by atoms with Gasteiger partial charge in [-0.3, -0.25) is 14.3 Å². The van der Waals surface area contributed by atoms with Gasteiger partial charge in [0.1, 0.15) is 18.1 Å². The van der Waals surface area contributed by atoms with Crippen molar-refractivity contribution >= 4 is 17.7 Å². The smallest absolute Gasteiger partial charge is 0.245 e. The lowest BCUT2D eigenvalue weighted by Crippen LogP contribution is -2.52. The summed E-state index contributed by atoms with van der Waals surface area (Å²) in [6.07, 6.45) is 10.8. The van der Waals surface area contributed by atoms with E-state index in [0.717, 1.165) is 37.4 Å². The minimum absolute atomic E-state index is 0.229. The highest BCUT2D eigenvalue weighted by atomic mass is 32.2. The number of nitrogens with zero attached hydrogens (tertiary/aromatic N) is 5. The Labute approximate surface area is 176 Å². The molecule has 158 valence electrons. The molecule has 2 unspecified atom stereocenters. The van der Waals surface area contributed by atoms with E-state index in [0.29, 0.717) is 18.1 Å². The fourth-order valence-electron chi connectivity index (χ4n) is 3.57. The van der Waals surface area contributed by atoms with Crippen LogP contribution in [-0.4, -0.2) is 66.3 Å². The Morgan fingerprint density at radius 1 is 1.34 bits per heavy atom. The number of amides is 1. The average molecular weight is 419 g/mol. The van der Waals surface area contributed by atoms with Crippen LogP contribution in [0.25, 0.3) is 5.95 Å². The molecule has 9 heteroatoms. The number of aromatic nitrogens is 4. The molecule has 29 heavy (non-hydrogen) atoms. The van der Waals surface area contributed by atoms with Crippen LogP contribution in [0.1, 0.15) is 50.0 Å². The first-order chi connectivity index (χ1) is 13.9. The summed E-state index contributed by atoms with van der Waals surface area (Å²) in [5, 5.41) is 13.5. The van der Waals surface area contributed by atoms with Crippen LogP contribution < -0.4 is 5.32 Å². The van der Waals surface area contributed by atoms with E-state index >= 15 is 0 Å². The maximum Gasteiger partial charge on any atom is 0.245 e. The first-order valence-corrected chi connectivity index (χ1v) is 11.4. The van der Waals surface area contributed by atoms with Crippen LogP contribution in [0.3, 0.4) is 0 Å². The zero-order chi connectivity index (χ0) is 20.9. The normalized spacial score (nSPS) is 18.2. The van der Waals surface area contributed by atoms with Crippen molar-refractivity contribution in [3.63, 3.8) is 0 Å². The zero-order valence-corrected chi connectivity index (χ0v) is 18.2. The van der Waals surface area contributed by atoms with Crippen molar-refractivity contribution < 1.29 is 9.90 Å². The van der Waals surface area contributed by atoms with E-state index in [-0.39, 0.29) is 5.91 Å². The number of rotatable bonds is 8. The molecule has 0 bridgehead atoms. The maximum atomic E-state index is 13.3. The van der Waals surface area contributed by atoms with Gasteiger partial charge in [-0.25, -0.2) is 15.0 Å². The largest absolute Gasteiger partial charge is 0.371 e. The molecule has 0 radical (unpaired) electrons. The second kappa shape index (κ2) is 9.69. The summed E-state index contributed by atoms with van der Waals surface area (Å²) < 4.78 is 1.73. The Kier molecular flexibility index (Phi) is 7.26. The molecule has 0 spiro atoms. The number of hydrogen-bond acceptors (Lipinski definition) is 7. The summed E-state index contributed by atoms with van der Waals surface area (Å²) in [5.41, 5.74) is 0.160. The first kappa shape index (κ1) is 21.7. The van der Waals surface area contributed by atoms with E-state index in [4.69, 9.17) is 0 Å². The predicted molar refractivity (Wildman–Crippen MR) is 114 cm³/mol. The molecule has 0 aromatic carbocycles. The van der Waals surface area contributed by atoms with Gasteiger partial charge >= 0.3 is 0 Å². The number of carbonyl (C=O) groups is 1. The van der Waals surface area contributed by atoms with Crippen LogP contribution in [0, 0.1) is 6.92 Å². The number of aryl methyl sites for hydroxylation is 1. The van der Waals surface area contributed by atoms with Gasteiger partial charge in [0.15, 0.2) is 0 Å². The molecule has 0 saturated carbocycles. The molecule has 3 heterocycles. The van der Waals surface area contributed by atoms with Gasteiger partial charge < -0.3 is 10.4 Å². The molecule has 8 nitrogen and oxygen atoms in total. The van der Waals surface area contributed by atoms with E-state index < -0.39 is 11.8 Å². The second-order valence-corrected chi connectivity index (χ2v) is 8.69. The van der Waals surface area contributed by atoms with Crippen LogP contribution in [0.15, 0.2) is 24.8 Å². The number of imidazole rings is 1.